The van der Waals surface area contributed by atoms with Crippen LogP contribution in [0, 0.1) is 0 Å². The Morgan fingerprint density at radius 1 is 1.50 bits per heavy atom. The highest BCUT2D eigenvalue weighted by Crippen LogP contribution is 2.12. The van der Waals surface area contributed by atoms with E-state index in [0.29, 0.717) is 0 Å². The summed E-state index contributed by atoms with van der Waals surface area (Å²) in [6.07, 6.45) is -1.93. The molecule has 0 aromatic carbocycles. The third kappa shape index (κ3) is 1.15. The van der Waals surface area contributed by atoms with Crippen LogP contribution in [0.25, 0.3) is 0 Å². The second-order valence-electron chi connectivity index (χ2n) is 2.62. The molecule has 4 nitrogen and oxygen atoms in total. The number of rotatable bonds is 1. The summed E-state index contributed by atoms with van der Waals surface area (Å²) in [5.41, 5.74) is 0. The van der Waals surface area contributed by atoms with Crippen molar-refractivity contribution in [2.24, 2.45) is 0 Å². The van der Waals surface area contributed by atoms with Crippen molar-refractivity contribution in [3.05, 3.63) is 0 Å². The molecule has 1 aliphatic rings. The first-order valence-electron chi connectivity index (χ1n) is 3.78. The molecule has 4 heteroatoms. The van der Waals surface area contributed by atoms with Crippen molar-refractivity contribution in [1.82, 2.24) is 5.31 Å². The van der Waals surface area contributed by atoms with Crippen molar-refractivity contribution in [3.8, 4) is 0 Å². The molecule has 0 aliphatic carbocycles. The molecular formula is C6H13NO3. The lowest BCUT2D eigenvalue weighted by molar-refractivity contribution is 0.0214. The Morgan fingerprint density at radius 2 is 2.10 bits per heavy atom. The summed E-state index contributed by atoms with van der Waals surface area (Å²) in [5, 5.41) is 28.2. The topological polar surface area (TPSA) is 72.7 Å². The molecule has 0 aromatic heterocycles. The van der Waals surface area contributed by atoms with Crippen LogP contribution < -0.4 is 5.31 Å². The quantitative estimate of drug-likeness (QED) is 0.349. The summed E-state index contributed by atoms with van der Waals surface area (Å²) in [4.78, 5) is 0. The number of aliphatic hydroxyl groups is 3. The van der Waals surface area contributed by atoms with Gasteiger partial charge in [0.2, 0.25) is 0 Å². The zero-order valence-corrected chi connectivity index (χ0v) is 5.81. The van der Waals surface area contributed by atoms with Crippen LogP contribution in [-0.4, -0.2) is 46.2 Å². The molecule has 10 heavy (non-hydrogen) atoms. The van der Waals surface area contributed by atoms with E-state index < -0.39 is 24.3 Å². The van der Waals surface area contributed by atoms with Gasteiger partial charge < -0.3 is 20.6 Å². The van der Waals surface area contributed by atoms with Gasteiger partial charge in [-0.2, -0.15) is 0 Å². The molecule has 0 bridgehead atoms. The number of hydrogen-bond donors (Lipinski definition) is 4. The van der Waals surface area contributed by atoms with Crippen molar-refractivity contribution < 1.29 is 16.7 Å². The van der Waals surface area contributed by atoms with Crippen LogP contribution in [0.5, 0.6) is 0 Å². The SMILES string of the molecule is [2H]N1[C@H](CO)[C@H](O)[C@H](O)[C@@H]1C. The van der Waals surface area contributed by atoms with Crippen LogP contribution in [0.4, 0.5) is 0 Å². The van der Waals surface area contributed by atoms with Crippen LogP contribution in [0.3, 0.4) is 0 Å². The van der Waals surface area contributed by atoms with E-state index in [1.165, 1.54) is 0 Å². The van der Waals surface area contributed by atoms with Gasteiger partial charge in [-0.15, -0.1) is 0 Å². The first kappa shape index (κ1) is 6.54. The van der Waals surface area contributed by atoms with Crippen molar-refractivity contribution in [2.45, 2.75) is 31.2 Å². The normalized spacial score (nSPS) is 51.4. The molecule has 0 aromatic rings. The second kappa shape index (κ2) is 2.84. The molecule has 0 saturated carbocycles. The van der Waals surface area contributed by atoms with E-state index in [4.69, 9.17) is 6.52 Å². The lowest BCUT2D eigenvalue weighted by Gasteiger charge is -2.11. The fourth-order valence-electron chi connectivity index (χ4n) is 1.15. The molecule has 4 atom stereocenters. The number of hydrogen-bond acceptors (Lipinski definition) is 4. The maximum atomic E-state index is 9.23. The molecule has 0 radical (unpaired) electrons. The van der Waals surface area contributed by atoms with Crippen LogP contribution in [0.2, 0.25) is 1.41 Å². The van der Waals surface area contributed by atoms with Crippen molar-refractivity contribution in [2.75, 3.05) is 6.61 Å². The van der Waals surface area contributed by atoms with E-state index in [1.54, 1.807) is 6.92 Å². The van der Waals surface area contributed by atoms with Crippen LogP contribution in [-0.2, 0) is 0 Å². The summed E-state index contributed by atoms with van der Waals surface area (Å²) < 4.78 is 7.31. The van der Waals surface area contributed by atoms with Gasteiger partial charge in [0.25, 0.3) is 0 Å². The third-order valence-corrected chi connectivity index (χ3v) is 1.85. The monoisotopic (exact) mass is 148 g/mol. The largest absolute Gasteiger partial charge is 0.395 e. The van der Waals surface area contributed by atoms with Crippen LogP contribution >= 0.6 is 0 Å². The summed E-state index contributed by atoms with van der Waals surface area (Å²) in [5.74, 6) is 0. The first-order valence-corrected chi connectivity index (χ1v) is 3.33. The molecule has 1 fully saturated rings. The summed E-state index contributed by atoms with van der Waals surface area (Å²) in [7, 11) is 0. The first-order chi connectivity index (χ1) is 5.09. The van der Waals surface area contributed by atoms with Crippen molar-refractivity contribution in [3.63, 3.8) is 0 Å². The number of nitrogens with one attached hydrogen (secondary N) is 1. The van der Waals surface area contributed by atoms with E-state index in [1.807, 2.05) is 0 Å². The molecule has 1 saturated heterocycles. The van der Waals surface area contributed by atoms with E-state index in [2.05, 4.69) is 0 Å². The predicted molar refractivity (Wildman–Crippen MR) is 35.5 cm³/mol. The fourth-order valence-corrected chi connectivity index (χ4v) is 1.15. The Bertz CT molecular complexity index is 132. The smallest absolute Gasteiger partial charge is 0.123 e. The molecular weight excluding hydrogens is 134 g/mol. The highest BCUT2D eigenvalue weighted by Gasteiger charge is 2.37. The Balaban J connectivity index is 2.69. The Kier molecular flexibility index (Phi) is 1.86. The van der Waals surface area contributed by atoms with Gasteiger partial charge in [0.05, 0.1) is 24.9 Å². The lowest BCUT2D eigenvalue weighted by Crippen LogP contribution is -2.36. The Morgan fingerprint density at radius 3 is 2.30 bits per heavy atom. The summed E-state index contributed by atoms with van der Waals surface area (Å²) in [6.45, 7) is 1.34. The van der Waals surface area contributed by atoms with Gasteiger partial charge in [-0.25, -0.2) is 0 Å². The molecule has 4 N–H and O–H groups in total. The molecule has 0 amide bonds. The lowest BCUT2D eigenvalue weighted by atomic mass is 10.1. The summed E-state index contributed by atoms with van der Waals surface area (Å²) >= 11 is 0. The average Bonchev–Trinajstić information content (AvgIpc) is 2.17. The van der Waals surface area contributed by atoms with E-state index in [0.717, 1.165) is 5.31 Å². The van der Waals surface area contributed by atoms with Crippen LogP contribution in [0.1, 0.15) is 6.92 Å². The van der Waals surface area contributed by atoms with Gasteiger partial charge in [0.1, 0.15) is 1.41 Å². The minimum absolute atomic E-state index is 0.300. The minimum Gasteiger partial charge on any atom is -0.395 e. The van der Waals surface area contributed by atoms with Gasteiger partial charge in [-0.05, 0) is 6.92 Å². The van der Waals surface area contributed by atoms with Gasteiger partial charge in [-0.1, -0.05) is 0 Å². The maximum Gasteiger partial charge on any atom is 0.123 e. The fraction of sp³-hybridized carbons (Fsp3) is 1.00. The van der Waals surface area contributed by atoms with Crippen LogP contribution in [0.15, 0.2) is 0 Å². The zero-order chi connectivity index (χ0) is 8.59. The average molecular weight is 148 g/mol. The van der Waals surface area contributed by atoms with Crippen molar-refractivity contribution >= 4 is 0 Å². The van der Waals surface area contributed by atoms with Gasteiger partial charge in [-0.3, -0.25) is 0 Å². The highest BCUT2D eigenvalue weighted by molar-refractivity contribution is 4.95. The Hall–Kier alpha value is -0.160. The molecule has 0 unspecified atom stereocenters. The maximum absolute atomic E-state index is 9.23. The van der Waals surface area contributed by atoms with Gasteiger partial charge >= 0.3 is 0 Å². The molecule has 1 aliphatic heterocycles. The molecule has 1 rings (SSSR count). The van der Waals surface area contributed by atoms with E-state index in [9.17, 15) is 10.2 Å². The summed E-state index contributed by atoms with van der Waals surface area (Å²) in [6, 6.07) is -1.07. The van der Waals surface area contributed by atoms with E-state index >= 15 is 0 Å². The predicted octanol–water partition coefficient (Wildman–Crippen LogP) is -1.94. The molecule has 1 heterocycles. The third-order valence-electron chi connectivity index (χ3n) is 1.85. The highest BCUT2D eigenvalue weighted by atomic mass is 16.3. The molecule has 60 valence electrons. The van der Waals surface area contributed by atoms with E-state index in [-0.39, 0.29) is 6.61 Å². The van der Waals surface area contributed by atoms with Gasteiger partial charge in [0, 0.05) is 6.04 Å². The van der Waals surface area contributed by atoms with Gasteiger partial charge in [0.15, 0.2) is 0 Å². The Labute approximate surface area is 61.0 Å². The number of aliphatic hydroxyl groups excluding tert-OH is 3. The van der Waals surface area contributed by atoms with Crippen molar-refractivity contribution in [1.29, 1.82) is 0 Å². The standard InChI is InChI=1S/C6H13NO3/c1-3-5(9)6(10)4(2-8)7-3/h3-10H,2H2,1H3/t3-,4+,5+,6-/m0/s1/i/hD. The zero-order valence-electron chi connectivity index (χ0n) is 6.81. The second-order valence-corrected chi connectivity index (χ2v) is 2.62. The molecule has 0 spiro atoms. The minimum atomic E-state index is -1.01.